The van der Waals surface area contributed by atoms with Crippen molar-refractivity contribution in [3.05, 3.63) is 92.1 Å². The molecule has 3 aliphatic carbocycles. The van der Waals surface area contributed by atoms with Gasteiger partial charge in [-0.1, -0.05) is 36.4 Å². The maximum Gasteiger partial charge on any atom is 0.238 e. The van der Waals surface area contributed by atoms with Gasteiger partial charge >= 0.3 is 0 Å². The van der Waals surface area contributed by atoms with Crippen molar-refractivity contribution in [3.63, 3.8) is 0 Å². The summed E-state index contributed by atoms with van der Waals surface area (Å²) in [6.45, 7) is 5.39. The van der Waals surface area contributed by atoms with Crippen molar-refractivity contribution in [2.45, 2.75) is 25.7 Å². The molecule has 2 aromatic carbocycles. The molecule has 0 spiro atoms. The minimum atomic E-state index is -0.656. The summed E-state index contributed by atoms with van der Waals surface area (Å²) in [6, 6.07) is 10.6. The number of ether oxygens (including phenoxy) is 1. The van der Waals surface area contributed by atoms with Gasteiger partial charge in [0.1, 0.15) is 0 Å². The molecule has 0 saturated carbocycles. The number of nitrogens with zero attached hydrogens (tertiary/aromatic N) is 1. The second kappa shape index (κ2) is 9.69. The highest BCUT2D eigenvalue weighted by Gasteiger charge is 2.56. The van der Waals surface area contributed by atoms with Crippen LogP contribution < -0.4 is 9.64 Å². The minimum Gasteiger partial charge on any atom is -0.504 e. The number of amides is 2. The first-order valence-corrected chi connectivity index (χ1v) is 14.1. The van der Waals surface area contributed by atoms with Crippen LogP contribution in [0.5, 0.6) is 11.5 Å². The van der Waals surface area contributed by atoms with Gasteiger partial charge in [-0.25, -0.2) is 0 Å². The van der Waals surface area contributed by atoms with Crippen LogP contribution in [0, 0.1) is 21.3 Å². The van der Waals surface area contributed by atoms with E-state index in [0.29, 0.717) is 38.0 Å². The predicted molar refractivity (Wildman–Crippen MR) is 158 cm³/mol. The number of methoxy groups -OCH3 is 1. The highest BCUT2D eigenvalue weighted by Crippen LogP contribution is 2.56. The topological polar surface area (TPSA) is 101 Å². The smallest absolute Gasteiger partial charge is 0.238 e. The van der Waals surface area contributed by atoms with E-state index < -0.39 is 23.7 Å². The number of carbonyl (C=O) groups excluding carboxylic acids is 4. The Labute approximate surface area is 245 Å². The van der Waals surface area contributed by atoms with Gasteiger partial charge in [0, 0.05) is 22.6 Å². The lowest BCUT2D eigenvalue weighted by molar-refractivity contribution is -0.123. The van der Waals surface area contributed by atoms with Crippen molar-refractivity contribution in [2.75, 3.05) is 12.0 Å². The fraction of sp³-hybridized carbons (Fsp3) is 0.250. The highest BCUT2D eigenvalue weighted by molar-refractivity contribution is 14.1. The number of phenolic OH excluding ortho intramolecular Hbond substituents is 1. The van der Waals surface area contributed by atoms with Crippen molar-refractivity contribution in [1.82, 2.24) is 0 Å². The van der Waals surface area contributed by atoms with Crippen LogP contribution in [0.3, 0.4) is 0 Å². The molecule has 1 fully saturated rings. The van der Waals surface area contributed by atoms with Gasteiger partial charge in [0.25, 0.3) is 0 Å². The molecule has 6 rings (SSSR count). The number of hydrogen-bond acceptors (Lipinski definition) is 6. The fourth-order valence-corrected chi connectivity index (χ4v) is 7.30. The molecule has 4 aliphatic rings. The molecule has 1 saturated heterocycles. The lowest BCUT2D eigenvalue weighted by atomic mass is 9.59. The summed E-state index contributed by atoms with van der Waals surface area (Å²) in [6.07, 6.45) is 5.60. The summed E-state index contributed by atoms with van der Waals surface area (Å²) in [7, 11) is 1.45. The van der Waals surface area contributed by atoms with E-state index >= 15 is 0 Å². The molecule has 2 amide bonds. The second-order valence-electron chi connectivity index (χ2n) is 10.6. The van der Waals surface area contributed by atoms with Crippen molar-refractivity contribution < 1.29 is 29.0 Å². The number of halogens is 1. The van der Waals surface area contributed by atoms with Gasteiger partial charge in [-0.05, 0) is 89.7 Å². The number of fused-ring (bicyclic) bond motifs is 3. The Kier molecular flexibility index (Phi) is 6.40. The highest BCUT2D eigenvalue weighted by atomic mass is 127. The van der Waals surface area contributed by atoms with Crippen molar-refractivity contribution in [1.29, 1.82) is 0 Å². The first-order chi connectivity index (χ1) is 19.2. The van der Waals surface area contributed by atoms with E-state index in [9.17, 15) is 24.3 Å². The molecule has 40 heavy (non-hydrogen) atoms. The van der Waals surface area contributed by atoms with Crippen LogP contribution in [0.25, 0.3) is 6.08 Å². The van der Waals surface area contributed by atoms with E-state index in [2.05, 4.69) is 6.58 Å². The van der Waals surface area contributed by atoms with Gasteiger partial charge in [-0.3, -0.25) is 24.1 Å². The maximum atomic E-state index is 14.0. The predicted octanol–water partition coefficient (Wildman–Crippen LogP) is 5.28. The standard InChI is InChI=1S/C32H26INO6/c1-4-16-5-7-18(8-6-16)34-31(38)20-10-9-19-21(27(20)32(34)39)14-22-24(35)11-15(2)29(36)28(22)26(19)17-12-23(33)30(37)25(13-17)40-3/h4-9,11-13,20-21,26-27,37H,1,10,14H2,2-3H3. The Balaban J connectivity index is 1.49. The second-order valence-corrected chi connectivity index (χ2v) is 11.8. The summed E-state index contributed by atoms with van der Waals surface area (Å²) in [5.74, 6) is -3.01. The van der Waals surface area contributed by atoms with E-state index in [1.165, 1.54) is 18.1 Å². The van der Waals surface area contributed by atoms with Crippen LogP contribution >= 0.6 is 22.6 Å². The zero-order chi connectivity index (χ0) is 28.5. The molecule has 1 heterocycles. The lowest BCUT2D eigenvalue weighted by Gasteiger charge is -2.42. The molecule has 0 aromatic heterocycles. The Hall–Kier alpha value is -3.79. The molecule has 1 N–H and O–H groups in total. The number of anilines is 1. The van der Waals surface area contributed by atoms with Crippen LogP contribution in [0.15, 0.2) is 77.4 Å². The summed E-state index contributed by atoms with van der Waals surface area (Å²) in [4.78, 5) is 55.8. The van der Waals surface area contributed by atoms with Gasteiger partial charge in [0.05, 0.1) is 28.2 Å². The molecule has 8 heteroatoms. The summed E-state index contributed by atoms with van der Waals surface area (Å²) >= 11 is 2.01. The number of imide groups is 1. The van der Waals surface area contributed by atoms with E-state index in [1.807, 2.05) is 40.8 Å². The van der Waals surface area contributed by atoms with Crippen LogP contribution in [0.4, 0.5) is 5.69 Å². The van der Waals surface area contributed by atoms with Crippen molar-refractivity contribution >= 4 is 57.7 Å². The van der Waals surface area contributed by atoms with Crippen LogP contribution in [0.2, 0.25) is 0 Å². The lowest BCUT2D eigenvalue weighted by Crippen LogP contribution is -2.39. The van der Waals surface area contributed by atoms with E-state index in [1.54, 1.807) is 37.3 Å². The first kappa shape index (κ1) is 26.4. The van der Waals surface area contributed by atoms with Crippen LogP contribution in [0.1, 0.15) is 36.8 Å². The van der Waals surface area contributed by atoms with E-state index in [-0.39, 0.29) is 41.3 Å². The Morgan fingerprint density at radius 2 is 1.80 bits per heavy atom. The van der Waals surface area contributed by atoms with Gasteiger partial charge in [0.15, 0.2) is 23.1 Å². The molecule has 202 valence electrons. The molecule has 0 radical (unpaired) electrons. The normalized spacial score (nSPS) is 25.7. The average Bonchev–Trinajstić information content (AvgIpc) is 3.21. The molecule has 0 bridgehead atoms. The largest absolute Gasteiger partial charge is 0.504 e. The minimum absolute atomic E-state index is 0.0112. The number of aromatic hydroxyl groups is 1. The Bertz CT molecular complexity index is 1630. The maximum absolute atomic E-state index is 14.0. The molecular formula is C32H26INO6. The molecule has 4 atom stereocenters. The quantitative estimate of drug-likeness (QED) is 0.210. The third-order valence-corrected chi connectivity index (χ3v) is 9.38. The third kappa shape index (κ3) is 3.83. The van der Waals surface area contributed by atoms with Gasteiger partial charge in [-0.15, -0.1) is 0 Å². The van der Waals surface area contributed by atoms with E-state index in [0.717, 1.165) is 11.1 Å². The molecular weight excluding hydrogens is 621 g/mol. The number of benzene rings is 2. The summed E-state index contributed by atoms with van der Waals surface area (Å²) < 4.78 is 5.95. The number of hydrogen-bond donors (Lipinski definition) is 1. The van der Waals surface area contributed by atoms with Crippen LogP contribution in [-0.4, -0.2) is 35.6 Å². The third-order valence-electron chi connectivity index (χ3n) is 8.56. The molecule has 1 aliphatic heterocycles. The number of phenols is 1. The number of carbonyl (C=O) groups is 4. The number of Topliss-reactive ketones (excluding diaryl/α,β-unsaturated/α-hetero) is 1. The molecule has 7 nitrogen and oxygen atoms in total. The van der Waals surface area contributed by atoms with Crippen molar-refractivity contribution in [3.8, 4) is 11.5 Å². The zero-order valence-electron chi connectivity index (χ0n) is 21.9. The number of allylic oxidation sites excluding steroid dienone is 6. The fourth-order valence-electron chi connectivity index (χ4n) is 6.67. The monoisotopic (exact) mass is 647 g/mol. The zero-order valence-corrected chi connectivity index (χ0v) is 24.1. The van der Waals surface area contributed by atoms with Crippen molar-refractivity contribution in [2.24, 2.45) is 17.8 Å². The summed E-state index contributed by atoms with van der Waals surface area (Å²) in [5, 5.41) is 10.5. The Morgan fingerprint density at radius 1 is 1.07 bits per heavy atom. The molecule has 4 unspecified atom stereocenters. The summed E-state index contributed by atoms with van der Waals surface area (Å²) in [5.41, 5.74) is 4.08. The van der Waals surface area contributed by atoms with Gasteiger partial charge < -0.3 is 9.84 Å². The average molecular weight is 647 g/mol. The SMILES string of the molecule is C=Cc1ccc(N2C(=O)C3CC=C4C(c5cc(I)c(O)c(OC)c5)C5=C(CC4C3C2=O)C(=O)C=C(C)C5=O)cc1. The number of rotatable bonds is 4. The van der Waals surface area contributed by atoms with E-state index in [4.69, 9.17) is 4.74 Å². The van der Waals surface area contributed by atoms with Crippen LogP contribution in [-0.2, 0) is 19.2 Å². The van der Waals surface area contributed by atoms with Gasteiger partial charge in [0.2, 0.25) is 11.8 Å². The first-order valence-electron chi connectivity index (χ1n) is 13.0. The Morgan fingerprint density at radius 3 is 2.48 bits per heavy atom. The molecule has 2 aromatic rings. The van der Waals surface area contributed by atoms with Gasteiger partial charge in [-0.2, -0.15) is 0 Å². The number of ketones is 2.